The van der Waals surface area contributed by atoms with Crippen LogP contribution in [0, 0.1) is 5.92 Å². The molecule has 0 aliphatic rings. The fourth-order valence-electron chi connectivity index (χ4n) is 2.11. The average Bonchev–Trinajstić information content (AvgIpc) is 2.50. The number of carbonyl (C=O) groups excluding carboxylic acids is 1. The lowest BCUT2D eigenvalue weighted by atomic mass is 10.0. The molecule has 5 heteroatoms. The zero-order valence-corrected chi connectivity index (χ0v) is 12.3. The molecule has 0 bridgehead atoms. The lowest BCUT2D eigenvalue weighted by Gasteiger charge is -2.10. The van der Waals surface area contributed by atoms with E-state index in [2.05, 4.69) is 5.32 Å². The molecule has 4 N–H and O–H groups in total. The average molecular weight is 295 g/mol. The second kappa shape index (κ2) is 10.2. The van der Waals surface area contributed by atoms with Crippen LogP contribution in [0.5, 0.6) is 5.75 Å². The van der Waals surface area contributed by atoms with Gasteiger partial charge in [-0.2, -0.15) is 0 Å². The van der Waals surface area contributed by atoms with Crippen molar-refractivity contribution in [1.29, 1.82) is 0 Å². The summed E-state index contributed by atoms with van der Waals surface area (Å²) in [5.41, 5.74) is 0.297. The highest BCUT2D eigenvalue weighted by Gasteiger charge is 2.09. The molecule has 0 fully saturated rings. The molecule has 118 valence electrons. The molecule has 1 aromatic rings. The third kappa shape index (κ3) is 6.60. The molecule has 0 aliphatic heterocycles. The van der Waals surface area contributed by atoms with Gasteiger partial charge in [0.05, 0.1) is 5.56 Å². The van der Waals surface area contributed by atoms with Gasteiger partial charge in [-0.3, -0.25) is 4.79 Å². The standard InChI is InChI=1S/C16H25NO4/c18-11-13(12-19)7-3-1-2-6-10-17-16(21)14-8-4-5-9-15(14)20/h4-5,8-9,13,18-20H,1-3,6-7,10-12H2,(H,17,21). The third-order valence-electron chi connectivity index (χ3n) is 3.49. The zero-order valence-electron chi connectivity index (χ0n) is 12.3. The molecular formula is C16H25NO4. The Morgan fingerprint density at radius 1 is 1.05 bits per heavy atom. The number of carbonyl (C=O) groups is 1. The van der Waals surface area contributed by atoms with Crippen LogP contribution in [0.1, 0.15) is 42.5 Å². The first-order chi connectivity index (χ1) is 10.2. The van der Waals surface area contributed by atoms with E-state index in [1.165, 1.54) is 6.07 Å². The number of rotatable bonds is 10. The first-order valence-corrected chi connectivity index (χ1v) is 7.47. The van der Waals surface area contributed by atoms with Crippen molar-refractivity contribution in [1.82, 2.24) is 5.32 Å². The van der Waals surface area contributed by atoms with Crippen LogP contribution in [0.3, 0.4) is 0 Å². The Bertz CT molecular complexity index is 418. The maximum absolute atomic E-state index is 11.8. The fourth-order valence-corrected chi connectivity index (χ4v) is 2.11. The first-order valence-electron chi connectivity index (χ1n) is 7.47. The number of aliphatic hydroxyl groups excluding tert-OH is 2. The van der Waals surface area contributed by atoms with E-state index < -0.39 is 0 Å². The van der Waals surface area contributed by atoms with Gasteiger partial charge >= 0.3 is 0 Å². The van der Waals surface area contributed by atoms with Gasteiger partial charge in [-0.1, -0.05) is 31.4 Å². The van der Waals surface area contributed by atoms with Crippen molar-refractivity contribution >= 4 is 5.91 Å². The minimum atomic E-state index is -0.256. The number of phenolic OH excluding ortho intramolecular Hbond substituents is 1. The van der Waals surface area contributed by atoms with Crippen LogP contribution in [0.15, 0.2) is 24.3 Å². The Hall–Kier alpha value is -1.59. The van der Waals surface area contributed by atoms with Gasteiger partial charge in [0.25, 0.3) is 5.91 Å². The Balaban J connectivity index is 2.09. The second-order valence-corrected chi connectivity index (χ2v) is 5.21. The Morgan fingerprint density at radius 2 is 1.71 bits per heavy atom. The SMILES string of the molecule is O=C(NCCCCCCC(CO)CO)c1ccccc1O. The Morgan fingerprint density at radius 3 is 2.38 bits per heavy atom. The summed E-state index contributed by atoms with van der Waals surface area (Å²) in [6, 6.07) is 6.48. The molecule has 5 nitrogen and oxygen atoms in total. The largest absolute Gasteiger partial charge is 0.507 e. The minimum absolute atomic E-state index is 0.00551. The molecule has 0 atom stereocenters. The van der Waals surface area contributed by atoms with Gasteiger partial charge in [0.15, 0.2) is 0 Å². The van der Waals surface area contributed by atoms with E-state index >= 15 is 0 Å². The lowest BCUT2D eigenvalue weighted by Crippen LogP contribution is -2.24. The summed E-state index contributed by atoms with van der Waals surface area (Å²) in [5, 5.41) is 30.2. The van der Waals surface area contributed by atoms with Gasteiger partial charge in [0.1, 0.15) is 5.75 Å². The number of benzene rings is 1. The third-order valence-corrected chi connectivity index (χ3v) is 3.49. The smallest absolute Gasteiger partial charge is 0.255 e. The molecule has 0 heterocycles. The zero-order chi connectivity index (χ0) is 15.5. The molecule has 0 unspecified atom stereocenters. The minimum Gasteiger partial charge on any atom is -0.507 e. The summed E-state index contributed by atoms with van der Waals surface area (Å²) in [6.45, 7) is 0.650. The summed E-state index contributed by atoms with van der Waals surface area (Å²) in [5.74, 6) is -0.270. The van der Waals surface area contributed by atoms with Gasteiger partial charge in [-0.15, -0.1) is 0 Å². The summed E-state index contributed by atoms with van der Waals surface area (Å²) >= 11 is 0. The molecule has 0 radical (unpaired) electrons. The Kier molecular flexibility index (Phi) is 8.47. The van der Waals surface area contributed by atoms with E-state index in [-0.39, 0.29) is 30.8 Å². The lowest BCUT2D eigenvalue weighted by molar-refractivity contribution is 0.0950. The van der Waals surface area contributed by atoms with Crippen molar-refractivity contribution in [3.63, 3.8) is 0 Å². The monoisotopic (exact) mass is 295 g/mol. The molecule has 0 aromatic heterocycles. The van der Waals surface area contributed by atoms with Gasteiger partial charge in [0, 0.05) is 25.7 Å². The summed E-state index contributed by atoms with van der Waals surface area (Å²) < 4.78 is 0. The number of aliphatic hydroxyl groups is 2. The molecular weight excluding hydrogens is 270 g/mol. The number of nitrogens with one attached hydrogen (secondary N) is 1. The molecule has 21 heavy (non-hydrogen) atoms. The van der Waals surface area contributed by atoms with Crippen LogP contribution >= 0.6 is 0 Å². The van der Waals surface area contributed by atoms with Crippen LogP contribution in [-0.4, -0.2) is 41.0 Å². The van der Waals surface area contributed by atoms with Gasteiger partial charge in [-0.25, -0.2) is 0 Å². The normalized spacial score (nSPS) is 10.8. The Labute approximate surface area is 125 Å². The second-order valence-electron chi connectivity index (χ2n) is 5.21. The fraction of sp³-hybridized carbons (Fsp3) is 0.562. The van der Waals surface area contributed by atoms with Gasteiger partial charge in [-0.05, 0) is 25.0 Å². The van der Waals surface area contributed by atoms with Crippen molar-refractivity contribution in [2.24, 2.45) is 5.92 Å². The molecule has 1 aromatic carbocycles. The van der Waals surface area contributed by atoms with Crippen LogP contribution < -0.4 is 5.32 Å². The summed E-state index contributed by atoms with van der Waals surface area (Å²) in [4.78, 5) is 11.8. The van der Waals surface area contributed by atoms with Crippen molar-refractivity contribution in [2.45, 2.75) is 32.1 Å². The van der Waals surface area contributed by atoms with Crippen LogP contribution in [0.2, 0.25) is 0 Å². The van der Waals surface area contributed by atoms with E-state index in [0.717, 1.165) is 32.1 Å². The quantitative estimate of drug-likeness (QED) is 0.494. The predicted molar refractivity (Wildman–Crippen MR) is 81.2 cm³/mol. The highest BCUT2D eigenvalue weighted by atomic mass is 16.3. The predicted octanol–water partition coefficient (Wildman–Crippen LogP) is 1.67. The van der Waals surface area contributed by atoms with Crippen molar-refractivity contribution in [2.75, 3.05) is 19.8 Å². The maximum Gasteiger partial charge on any atom is 0.255 e. The molecule has 0 spiro atoms. The number of aromatic hydroxyl groups is 1. The number of hydrogen-bond donors (Lipinski definition) is 4. The van der Waals surface area contributed by atoms with Crippen LogP contribution in [0.4, 0.5) is 0 Å². The number of amides is 1. The number of phenols is 1. The van der Waals surface area contributed by atoms with Gasteiger partial charge in [0.2, 0.25) is 0 Å². The molecule has 1 amide bonds. The number of unbranched alkanes of at least 4 members (excludes halogenated alkanes) is 3. The van der Waals surface area contributed by atoms with Crippen LogP contribution in [-0.2, 0) is 0 Å². The van der Waals surface area contributed by atoms with E-state index in [1.54, 1.807) is 18.2 Å². The van der Waals surface area contributed by atoms with E-state index in [4.69, 9.17) is 10.2 Å². The molecule has 0 aliphatic carbocycles. The molecule has 0 saturated carbocycles. The van der Waals surface area contributed by atoms with Crippen molar-refractivity contribution < 1.29 is 20.1 Å². The van der Waals surface area contributed by atoms with E-state index in [1.807, 2.05) is 0 Å². The summed E-state index contributed by atoms with van der Waals surface area (Å²) in [7, 11) is 0. The molecule has 1 rings (SSSR count). The first kappa shape index (κ1) is 17.5. The van der Waals surface area contributed by atoms with E-state index in [9.17, 15) is 9.90 Å². The summed E-state index contributed by atoms with van der Waals surface area (Å²) in [6.07, 6.45) is 4.69. The van der Waals surface area contributed by atoms with Gasteiger partial charge < -0.3 is 20.6 Å². The number of hydrogen-bond acceptors (Lipinski definition) is 4. The highest BCUT2D eigenvalue weighted by Crippen LogP contribution is 2.15. The highest BCUT2D eigenvalue weighted by molar-refractivity contribution is 5.96. The van der Waals surface area contributed by atoms with Crippen molar-refractivity contribution in [3.05, 3.63) is 29.8 Å². The number of para-hydroxylation sites is 1. The van der Waals surface area contributed by atoms with E-state index in [0.29, 0.717) is 12.1 Å². The topological polar surface area (TPSA) is 89.8 Å². The maximum atomic E-state index is 11.8. The van der Waals surface area contributed by atoms with Crippen molar-refractivity contribution in [3.8, 4) is 5.75 Å². The van der Waals surface area contributed by atoms with Crippen LogP contribution in [0.25, 0.3) is 0 Å². The molecule has 0 saturated heterocycles.